The lowest BCUT2D eigenvalue weighted by Gasteiger charge is -2.02. The maximum Gasteiger partial charge on any atom is -0.0201 e. The van der Waals surface area contributed by atoms with Crippen molar-refractivity contribution in [2.24, 2.45) is 5.92 Å². The van der Waals surface area contributed by atoms with Crippen molar-refractivity contribution in [3.8, 4) is 0 Å². The maximum atomic E-state index is 2.17. The first-order chi connectivity index (χ1) is 6.99. The van der Waals surface area contributed by atoms with E-state index in [4.69, 9.17) is 0 Å². The van der Waals surface area contributed by atoms with Gasteiger partial charge in [-0.05, 0) is 43.4 Å². The molecular weight excluding hydrogens is 180 g/mol. The van der Waals surface area contributed by atoms with E-state index in [9.17, 15) is 0 Å². The van der Waals surface area contributed by atoms with Gasteiger partial charge in [0.2, 0.25) is 0 Å². The van der Waals surface area contributed by atoms with Gasteiger partial charge in [0.15, 0.2) is 0 Å². The lowest BCUT2D eigenvalue weighted by atomic mass is 10.0. The minimum atomic E-state index is 0.833. The molecule has 0 heteroatoms. The molecular formula is C15H24. The molecule has 1 aromatic rings. The summed E-state index contributed by atoms with van der Waals surface area (Å²) in [5.41, 5.74) is 4.06. The standard InChI is InChI=1S/C11H14.C4H10/c1-4-6-11-9(2)7-5-8-10(11)3;1-4(2)3/h4-8H,1-3H3;4H,1-3H3/b6-4-;. The molecule has 0 unspecified atom stereocenters. The topological polar surface area (TPSA) is 0 Å². The fraction of sp³-hybridized carbons (Fsp3) is 0.467. The summed E-state index contributed by atoms with van der Waals surface area (Å²) in [7, 11) is 0. The number of allylic oxidation sites excluding steroid dienone is 1. The lowest BCUT2D eigenvalue weighted by Crippen LogP contribution is -1.83. The first-order valence-electron chi connectivity index (χ1n) is 5.68. The maximum absolute atomic E-state index is 2.17. The highest BCUT2D eigenvalue weighted by Crippen LogP contribution is 2.14. The zero-order valence-corrected chi connectivity index (χ0v) is 11.0. The SMILES string of the molecule is C/C=C\c1c(C)cccc1C.CC(C)C. The largest absolute Gasteiger partial charge is 0.0870 e. The van der Waals surface area contributed by atoms with E-state index in [-0.39, 0.29) is 0 Å². The van der Waals surface area contributed by atoms with Crippen LogP contribution in [0.4, 0.5) is 0 Å². The second-order valence-electron chi connectivity index (χ2n) is 4.54. The summed E-state index contributed by atoms with van der Waals surface area (Å²) in [6.07, 6.45) is 4.24. The highest BCUT2D eigenvalue weighted by Gasteiger charge is 1.95. The Morgan fingerprint density at radius 1 is 1.00 bits per heavy atom. The number of rotatable bonds is 1. The van der Waals surface area contributed by atoms with Crippen molar-refractivity contribution >= 4 is 6.08 Å². The van der Waals surface area contributed by atoms with Crippen LogP contribution in [0.5, 0.6) is 0 Å². The van der Waals surface area contributed by atoms with Crippen LogP contribution < -0.4 is 0 Å². The van der Waals surface area contributed by atoms with Crippen LogP contribution in [0.1, 0.15) is 44.4 Å². The van der Waals surface area contributed by atoms with Crippen LogP contribution in [0.3, 0.4) is 0 Å². The Kier molecular flexibility index (Phi) is 6.77. The molecule has 0 bridgehead atoms. The van der Waals surface area contributed by atoms with Gasteiger partial charge in [0.1, 0.15) is 0 Å². The van der Waals surface area contributed by atoms with Crippen LogP contribution in [0, 0.1) is 19.8 Å². The van der Waals surface area contributed by atoms with E-state index in [1.54, 1.807) is 0 Å². The quantitative estimate of drug-likeness (QED) is 0.604. The van der Waals surface area contributed by atoms with Crippen molar-refractivity contribution in [1.29, 1.82) is 0 Å². The van der Waals surface area contributed by atoms with Crippen LogP contribution >= 0.6 is 0 Å². The fourth-order valence-electron chi connectivity index (χ4n) is 1.26. The van der Waals surface area contributed by atoms with Crippen LogP contribution in [0.2, 0.25) is 0 Å². The van der Waals surface area contributed by atoms with E-state index in [0.29, 0.717) is 0 Å². The van der Waals surface area contributed by atoms with E-state index in [1.807, 2.05) is 6.92 Å². The van der Waals surface area contributed by atoms with Crippen LogP contribution in [-0.2, 0) is 0 Å². The smallest absolute Gasteiger partial charge is 0.0201 e. The molecule has 0 atom stereocenters. The molecule has 84 valence electrons. The minimum Gasteiger partial charge on any atom is -0.0870 e. The van der Waals surface area contributed by atoms with Crippen molar-refractivity contribution in [3.05, 3.63) is 41.0 Å². The van der Waals surface area contributed by atoms with Gasteiger partial charge in [0.25, 0.3) is 0 Å². The predicted molar refractivity (Wildman–Crippen MR) is 71.1 cm³/mol. The van der Waals surface area contributed by atoms with E-state index < -0.39 is 0 Å². The van der Waals surface area contributed by atoms with Crippen LogP contribution in [-0.4, -0.2) is 0 Å². The summed E-state index contributed by atoms with van der Waals surface area (Å²) >= 11 is 0. The molecule has 0 radical (unpaired) electrons. The van der Waals surface area contributed by atoms with Crippen LogP contribution in [0.15, 0.2) is 24.3 Å². The van der Waals surface area contributed by atoms with E-state index in [2.05, 4.69) is 65.0 Å². The Bertz CT molecular complexity index is 283. The third-order valence-corrected chi connectivity index (χ3v) is 1.88. The highest BCUT2D eigenvalue weighted by molar-refractivity contribution is 5.57. The summed E-state index contributed by atoms with van der Waals surface area (Å²) in [5.74, 6) is 0.833. The van der Waals surface area contributed by atoms with Gasteiger partial charge in [-0.15, -0.1) is 0 Å². The van der Waals surface area contributed by atoms with Crippen molar-refractivity contribution < 1.29 is 0 Å². The third kappa shape index (κ3) is 6.11. The van der Waals surface area contributed by atoms with Crippen molar-refractivity contribution in [2.45, 2.75) is 41.5 Å². The van der Waals surface area contributed by atoms with Crippen molar-refractivity contribution in [1.82, 2.24) is 0 Å². The molecule has 0 fully saturated rings. The van der Waals surface area contributed by atoms with Gasteiger partial charge >= 0.3 is 0 Å². The average Bonchev–Trinajstić information content (AvgIpc) is 2.11. The fourth-order valence-corrected chi connectivity index (χ4v) is 1.26. The summed E-state index contributed by atoms with van der Waals surface area (Å²) in [4.78, 5) is 0. The van der Waals surface area contributed by atoms with Crippen LogP contribution in [0.25, 0.3) is 6.08 Å². The third-order valence-electron chi connectivity index (χ3n) is 1.88. The van der Waals surface area contributed by atoms with E-state index >= 15 is 0 Å². The monoisotopic (exact) mass is 204 g/mol. The zero-order chi connectivity index (χ0) is 11.8. The summed E-state index contributed by atoms with van der Waals surface area (Å²) in [6, 6.07) is 6.38. The predicted octanol–water partition coefficient (Wildman–Crippen LogP) is 5.00. The molecule has 0 heterocycles. The van der Waals surface area contributed by atoms with Gasteiger partial charge in [0, 0.05) is 0 Å². The number of benzene rings is 1. The lowest BCUT2D eigenvalue weighted by molar-refractivity contribution is 0.737. The van der Waals surface area contributed by atoms with Gasteiger partial charge in [-0.25, -0.2) is 0 Å². The van der Waals surface area contributed by atoms with E-state index in [0.717, 1.165) is 5.92 Å². The molecule has 0 aliphatic rings. The van der Waals surface area contributed by atoms with Gasteiger partial charge < -0.3 is 0 Å². The van der Waals surface area contributed by atoms with Crippen molar-refractivity contribution in [2.75, 3.05) is 0 Å². The molecule has 0 aliphatic carbocycles. The highest BCUT2D eigenvalue weighted by atomic mass is 14.0. The Morgan fingerprint density at radius 3 is 1.73 bits per heavy atom. The number of hydrogen-bond acceptors (Lipinski definition) is 0. The first-order valence-corrected chi connectivity index (χ1v) is 5.68. The zero-order valence-electron chi connectivity index (χ0n) is 11.0. The Balaban J connectivity index is 0.000000423. The number of aryl methyl sites for hydroxylation is 2. The molecule has 1 aromatic carbocycles. The molecule has 0 nitrogen and oxygen atoms in total. The minimum absolute atomic E-state index is 0.833. The molecule has 0 spiro atoms. The molecule has 0 saturated carbocycles. The molecule has 0 saturated heterocycles. The number of hydrogen-bond donors (Lipinski definition) is 0. The molecule has 0 aliphatic heterocycles. The Hall–Kier alpha value is -1.04. The second-order valence-corrected chi connectivity index (χ2v) is 4.54. The molecule has 0 aromatic heterocycles. The summed E-state index contributed by atoms with van der Waals surface area (Å²) in [6.45, 7) is 12.8. The van der Waals surface area contributed by atoms with Gasteiger partial charge in [-0.1, -0.05) is 51.1 Å². The summed E-state index contributed by atoms with van der Waals surface area (Å²) in [5, 5.41) is 0. The van der Waals surface area contributed by atoms with Crippen molar-refractivity contribution in [3.63, 3.8) is 0 Å². The molecule has 0 N–H and O–H groups in total. The Labute approximate surface area is 95.0 Å². The molecule has 1 rings (SSSR count). The van der Waals surface area contributed by atoms with Gasteiger partial charge in [-0.3, -0.25) is 0 Å². The first kappa shape index (κ1) is 14.0. The molecule has 15 heavy (non-hydrogen) atoms. The van der Waals surface area contributed by atoms with E-state index in [1.165, 1.54) is 16.7 Å². The second kappa shape index (κ2) is 7.28. The average molecular weight is 204 g/mol. The summed E-state index contributed by atoms with van der Waals surface area (Å²) < 4.78 is 0. The van der Waals surface area contributed by atoms with Gasteiger partial charge in [-0.2, -0.15) is 0 Å². The van der Waals surface area contributed by atoms with Gasteiger partial charge in [0.05, 0.1) is 0 Å². The Morgan fingerprint density at radius 2 is 1.40 bits per heavy atom. The molecule has 0 amide bonds. The normalized spacial score (nSPS) is 10.3.